The van der Waals surface area contributed by atoms with Crippen LogP contribution in [0.15, 0.2) is 18.3 Å². The fraction of sp³-hybridized carbons (Fsp3) is 0.545. The summed E-state index contributed by atoms with van der Waals surface area (Å²) in [4.78, 5) is 3.87. The molecule has 0 aromatic carbocycles. The molecule has 1 aromatic heterocycles. The molecule has 2 unspecified atom stereocenters. The third kappa shape index (κ3) is 3.78. The Kier molecular flexibility index (Phi) is 5.02. The molecule has 2 atom stereocenters. The van der Waals surface area contributed by atoms with Gasteiger partial charge in [-0.25, -0.2) is 4.98 Å². The highest BCUT2D eigenvalue weighted by Crippen LogP contribution is 2.25. The van der Waals surface area contributed by atoms with Crippen LogP contribution in [0.3, 0.4) is 0 Å². The average Bonchev–Trinajstić information content (AvgIpc) is 2.24. The fourth-order valence-electron chi connectivity index (χ4n) is 1.39. The minimum absolute atomic E-state index is 0.142. The Morgan fingerprint density at radius 3 is 2.93 bits per heavy atom. The summed E-state index contributed by atoms with van der Waals surface area (Å²) >= 11 is 5.75. The Morgan fingerprint density at radius 1 is 1.60 bits per heavy atom. The number of aliphatic hydroxyl groups is 1. The highest BCUT2D eigenvalue weighted by molar-refractivity contribution is 6.29. The zero-order valence-electron chi connectivity index (χ0n) is 8.98. The number of rotatable bonds is 5. The van der Waals surface area contributed by atoms with E-state index in [1.54, 1.807) is 25.4 Å². The summed E-state index contributed by atoms with van der Waals surface area (Å²) in [5.74, 6) is 0.142. The van der Waals surface area contributed by atoms with Crippen LogP contribution < -0.4 is 0 Å². The van der Waals surface area contributed by atoms with Gasteiger partial charge in [-0.05, 0) is 30.0 Å². The minimum atomic E-state index is -0.513. The molecule has 0 spiro atoms. The number of hydrogen-bond acceptors (Lipinski definition) is 3. The van der Waals surface area contributed by atoms with Gasteiger partial charge in [-0.3, -0.25) is 0 Å². The van der Waals surface area contributed by atoms with Gasteiger partial charge < -0.3 is 9.84 Å². The van der Waals surface area contributed by atoms with Crippen LogP contribution in [0.2, 0.25) is 5.15 Å². The van der Waals surface area contributed by atoms with Gasteiger partial charge >= 0.3 is 0 Å². The van der Waals surface area contributed by atoms with Crippen LogP contribution in [0.25, 0.3) is 0 Å². The first-order valence-corrected chi connectivity index (χ1v) is 5.31. The summed E-state index contributed by atoms with van der Waals surface area (Å²) in [7, 11) is 1.66. The summed E-state index contributed by atoms with van der Waals surface area (Å²) in [6.45, 7) is 2.63. The molecule has 0 amide bonds. The van der Waals surface area contributed by atoms with Gasteiger partial charge in [0.1, 0.15) is 5.15 Å². The number of methoxy groups -OCH3 is 1. The lowest BCUT2D eigenvalue weighted by atomic mass is 9.96. The predicted molar refractivity (Wildman–Crippen MR) is 59.9 cm³/mol. The van der Waals surface area contributed by atoms with E-state index >= 15 is 0 Å². The maximum absolute atomic E-state index is 10.00. The summed E-state index contributed by atoms with van der Waals surface area (Å²) in [5, 5.41) is 10.4. The van der Waals surface area contributed by atoms with Crippen molar-refractivity contribution in [2.75, 3.05) is 13.7 Å². The van der Waals surface area contributed by atoms with E-state index in [0.29, 0.717) is 11.8 Å². The van der Waals surface area contributed by atoms with Crippen LogP contribution >= 0.6 is 11.6 Å². The normalized spacial score (nSPS) is 14.9. The minimum Gasteiger partial charge on any atom is -0.388 e. The molecule has 4 heteroatoms. The molecule has 1 aromatic rings. The lowest BCUT2D eigenvalue weighted by Gasteiger charge is -2.18. The molecule has 1 N–H and O–H groups in total. The smallest absolute Gasteiger partial charge is 0.129 e. The monoisotopic (exact) mass is 229 g/mol. The molecule has 0 fully saturated rings. The van der Waals surface area contributed by atoms with Crippen LogP contribution in [-0.2, 0) is 4.74 Å². The van der Waals surface area contributed by atoms with Crippen LogP contribution in [0.5, 0.6) is 0 Å². The Hall–Kier alpha value is -0.640. The Bertz CT molecular complexity index is 306. The molecular formula is C11H16ClNO2. The van der Waals surface area contributed by atoms with Crippen molar-refractivity contribution in [3.05, 3.63) is 29.0 Å². The van der Waals surface area contributed by atoms with Gasteiger partial charge in [-0.15, -0.1) is 0 Å². The molecule has 0 aliphatic heterocycles. The standard InChI is InChI=1S/C11H16ClNO2/c1-8(4-6-15-2)11(14)9-3-5-13-10(12)7-9/h3,5,7-8,11,14H,4,6H2,1-2H3. The molecule has 3 nitrogen and oxygen atoms in total. The molecule has 0 bridgehead atoms. The highest BCUT2D eigenvalue weighted by Gasteiger charge is 2.16. The number of halogens is 1. The number of ether oxygens (including phenoxy) is 1. The van der Waals surface area contributed by atoms with Gasteiger partial charge in [0, 0.05) is 19.9 Å². The lowest BCUT2D eigenvalue weighted by Crippen LogP contribution is -2.11. The first-order valence-electron chi connectivity index (χ1n) is 4.93. The van der Waals surface area contributed by atoms with E-state index in [0.717, 1.165) is 12.0 Å². The number of aromatic nitrogens is 1. The number of hydrogen-bond donors (Lipinski definition) is 1. The van der Waals surface area contributed by atoms with E-state index in [4.69, 9.17) is 16.3 Å². The maximum atomic E-state index is 10.00. The van der Waals surface area contributed by atoms with Crippen molar-refractivity contribution < 1.29 is 9.84 Å². The van der Waals surface area contributed by atoms with E-state index in [1.807, 2.05) is 6.92 Å². The van der Waals surface area contributed by atoms with E-state index in [-0.39, 0.29) is 5.92 Å². The summed E-state index contributed by atoms with van der Waals surface area (Å²) in [6.07, 6.45) is 1.90. The van der Waals surface area contributed by atoms with E-state index in [2.05, 4.69) is 4.98 Å². The van der Waals surface area contributed by atoms with E-state index < -0.39 is 6.10 Å². The predicted octanol–water partition coefficient (Wildman–Crippen LogP) is 2.44. The number of aliphatic hydroxyl groups excluding tert-OH is 1. The highest BCUT2D eigenvalue weighted by atomic mass is 35.5. The molecular weight excluding hydrogens is 214 g/mol. The SMILES string of the molecule is COCCC(C)C(O)c1ccnc(Cl)c1. The Morgan fingerprint density at radius 2 is 2.33 bits per heavy atom. The molecule has 0 saturated heterocycles. The second-order valence-corrected chi connectivity index (χ2v) is 4.00. The van der Waals surface area contributed by atoms with Gasteiger partial charge in [-0.2, -0.15) is 0 Å². The second kappa shape index (κ2) is 6.05. The van der Waals surface area contributed by atoms with Crippen molar-refractivity contribution in [3.8, 4) is 0 Å². The lowest BCUT2D eigenvalue weighted by molar-refractivity contribution is 0.0885. The van der Waals surface area contributed by atoms with Crippen LogP contribution in [-0.4, -0.2) is 23.8 Å². The van der Waals surface area contributed by atoms with Crippen molar-refractivity contribution in [1.82, 2.24) is 4.98 Å². The number of nitrogens with zero attached hydrogens (tertiary/aromatic N) is 1. The first kappa shape index (κ1) is 12.4. The fourth-order valence-corrected chi connectivity index (χ4v) is 1.57. The molecule has 0 aliphatic carbocycles. The second-order valence-electron chi connectivity index (χ2n) is 3.62. The zero-order valence-corrected chi connectivity index (χ0v) is 9.74. The molecule has 1 rings (SSSR count). The van der Waals surface area contributed by atoms with Crippen LogP contribution in [0.1, 0.15) is 25.0 Å². The van der Waals surface area contributed by atoms with Gasteiger partial charge in [0.25, 0.3) is 0 Å². The van der Waals surface area contributed by atoms with Crippen molar-refractivity contribution >= 4 is 11.6 Å². The quantitative estimate of drug-likeness (QED) is 0.789. The van der Waals surface area contributed by atoms with E-state index in [9.17, 15) is 5.11 Å². The van der Waals surface area contributed by atoms with Gasteiger partial charge in [0.2, 0.25) is 0 Å². The summed E-state index contributed by atoms with van der Waals surface area (Å²) in [6, 6.07) is 3.47. The largest absolute Gasteiger partial charge is 0.388 e. The maximum Gasteiger partial charge on any atom is 0.129 e. The van der Waals surface area contributed by atoms with Crippen LogP contribution in [0, 0.1) is 5.92 Å². The molecule has 15 heavy (non-hydrogen) atoms. The van der Waals surface area contributed by atoms with Crippen molar-refractivity contribution in [2.24, 2.45) is 5.92 Å². The summed E-state index contributed by atoms with van der Waals surface area (Å²) in [5.41, 5.74) is 0.804. The van der Waals surface area contributed by atoms with E-state index in [1.165, 1.54) is 0 Å². The summed E-state index contributed by atoms with van der Waals surface area (Å²) < 4.78 is 4.97. The Labute approximate surface area is 95.1 Å². The number of pyridine rings is 1. The van der Waals surface area contributed by atoms with Crippen molar-refractivity contribution in [3.63, 3.8) is 0 Å². The average molecular weight is 230 g/mol. The third-order valence-corrected chi connectivity index (χ3v) is 2.62. The van der Waals surface area contributed by atoms with Gasteiger partial charge in [-0.1, -0.05) is 18.5 Å². The first-order chi connectivity index (χ1) is 7.15. The molecule has 84 valence electrons. The van der Waals surface area contributed by atoms with Crippen molar-refractivity contribution in [2.45, 2.75) is 19.4 Å². The van der Waals surface area contributed by atoms with Crippen LogP contribution in [0.4, 0.5) is 0 Å². The van der Waals surface area contributed by atoms with Gasteiger partial charge in [0.15, 0.2) is 0 Å². The van der Waals surface area contributed by atoms with Gasteiger partial charge in [0.05, 0.1) is 6.10 Å². The molecule has 0 aliphatic rings. The molecule has 0 radical (unpaired) electrons. The van der Waals surface area contributed by atoms with Crippen molar-refractivity contribution in [1.29, 1.82) is 0 Å². The topological polar surface area (TPSA) is 42.4 Å². The molecule has 1 heterocycles. The third-order valence-electron chi connectivity index (χ3n) is 2.41. The zero-order chi connectivity index (χ0) is 11.3. The molecule has 0 saturated carbocycles. The Balaban J connectivity index is 2.62.